The lowest BCUT2D eigenvalue weighted by Gasteiger charge is -2.14. The van der Waals surface area contributed by atoms with Gasteiger partial charge in [0.25, 0.3) is 0 Å². The Hall–Kier alpha value is -3.13. The summed E-state index contributed by atoms with van der Waals surface area (Å²) in [6, 6.07) is 9.63. The minimum atomic E-state index is -0.504. The number of carbonyl (C=O) groups is 1. The van der Waals surface area contributed by atoms with Crippen LogP contribution in [-0.4, -0.2) is 53.3 Å². The number of hydrogen-bond donors (Lipinski definition) is 1. The van der Waals surface area contributed by atoms with E-state index in [9.17, 15) is 4.79 Å². The first-order chi connectivity index (χ1) is 13.5. The molecule has 7 nitrogen and oxygen atoms in total. The van der Waals surface area contributed by atoms with Gasteiger partial charge < -0.3 is 15.0 Å². The molecular formula is C20H21N5O2S. The molecule has 0 amide bonds. The molecule has 3 rings (SSSR count). The van der Waals surface area contributed by atoms with Crippen molar-refractivity contribution in [2.75, 3.05) is 32.8 Å². The molecule has 0 spiro atoms. The number of methoxy groups -OCH3 is 1. The zero-order valence-corrected chi connectivity index (χ0v) is 16.9. The van der Waals surface area contributed by atoms with E-state index in [-0.39, 0.29) is 5.56 Å². The second kappa shape index (κ2) is 8.71. The fourth-order valence-corrected chi connectivity index (χ4v) is 2.94. The maximum atomic E-state index is 12.5. The molecule has 0 fully saturated rings. The van der Waals surface area contributed by atoms with Crippen LogP contribution in [0.5, 0.6) is 0 Å². The third kappa shape index (κ3) is 4.40. The summed E-state index contributed by atoms with van der Waals surface area (Å²) < 4.78 is 4.98. The molecule has 0 radical (unpaired) electrons. The molecular weight excluding hydrogens is 374 g/mol. The van der Waals surface area contributed by atoms with Gasteiger partial charge in [0.2, 0.25) is 0 Å². The van der Waals surface area contributed by atoms with Crippen LogP contribution in [0.4, 0.5) is 11.5 Å². The molecule has 2 aromatic heterocycles. The fraction of sp³-hybridized carbons (Fsp3) is 0.200. The molecule has 0 bridgehead atoms. The van der Waals surface area contributed by atoms with Crippen molar-refractivity contribution in [3.8, 4) is 0 Å². The van der Waals surface area contributed by atoms with Crippen molar-refractivity contribution < 1.29 is 9.53 Å². The first-order valence-electron chi connectivity index (χ1n) is 8.52. The summed E-state index contributed by atoms with van der Waals surface area (Å²) in [5.41, 5.74) is 2.46. The lowest BCUT2D eigenvalue weighted by molar-refractivity contribution is 0.0600. The molecule has 3 aromatic rings. The summed E-state index contributed by atoms with van der Waals surface area (Å²) >= 11 is 1.40. The van der Waals surface area contributed by atoms with E-state index in [0.717, 1.165) is 16.6 Å². The van der Waals surface area contributed by atoms with Crippen molar-refractivity contribution in [3.63, 3.8) is 0 Å². The lowest BCUT2D eigenvalue weighted by Crippen LogP contribution is -2.12. The average Bonchev–Trinajstić information content (AvgIpc) is 2.71. The number of benzene rings is 1. The summed E-state index contributed by atoms with van der Waals surface area (Å²) in [6.45, 7) is 0. The van der Waals surface area contributed by atoms with Crippen molar-refractivity contribution >= 4 is 46.2 Å². The number of fused-ring (bicyclic) bond motifs is 1. The average molecular weight is 395 g/mol. The van der Waals surface area contributed by atoms with Crippen molar-refractivity contribution in [3.05, 3.63) is 54.0 Å². The molecule has 0 atom stereocenters. The van der Waals surface area contributed by atoms with Gasteiger partial charge in [-0.25, -0.2) is 14.8 Å². The largest absolute Gasteiger partial charge is 0.465 e. The number of thioether (sulfide) groups is 1. The zero-order chi connectivity index (χ0) is 20.1. The van der Waals surface area contributed by atoms with Gasteiger partial charge in [-0.15, -0.1) is 0 Å². The smallest absolute Gasteiger partial charge is 0.343 e. The summed E-state index contributed by atoms with van der Waals surface area (Å²) in [4.78, 5) is 27.7. The number of rotatable bonds is 6. The third-order valence-electron chi connectivity index (χ3n) is 3.88. The Morgan fingerprint density at radius 1 is 1.25 bits per heavy atom. The van der Waals surface area contributed by atoms with E-state index in [1.807, 2.05) is 61.8 Å². The number of hydrogen-bond acceptors (Lipinski definition) is 8. The minimum Gasteiger partial charge on any atom is -0.465 e. The minimum absolute atomic E-state index is 0.282. The van der Waals surface area contributed by atoms with Crippen LogP contribution in [0.2, 0.25) is 0 Å². The Balaban J connectivity index is 2.10. The van der Waals surface area contributed by atoms with Gasteiger partial charge in [0.15, 0.2) is 5.16 Å². The molecule has 0 aliphatic carbocycles. The van der Waals surface area contributed by atoms with Crippen LogP contribution in [0.15, 0.2) is 47.9 Å². The van der Waals surface area contributed by atoms with E-state index in [1.54, 1.807) is 12.3 Å². The Kier molecular flexibility index (Phi) is 6.10. The normalized spacial score (nSPS) is 11.0. The van der Waals surface area contributed by atoms with Crippen LogP contribution in [0.3, 0.4) is 0 Å². The molecule has 2 heterocycles. The summed E-state index contributed by atoms with van der Waals surface area (Å²) in [7, 11) is 5.14. The van der Waals surface area contributed by atoms with Gasteiger partial charge in [0.1, 0.15) is 11.4 Å². The highest BCUT2D eigenvalue weighted by molar-refractivity contribution is 7.98. The van der Waals surface area contributed by atoms with E-state index < -0.39 is 5.97 Å². The molecule has 8 heteroatoms. The summed E-state index contributed by atoms with van der Waals surface area (Å²) in [5.74, 6) is -0.108. The predicted molar refractivity (Wildman–Crippen MR) is 113 cm³/mol. The number of esters is 1. The van der Waals surface area contributed by atoms with E-state index in [2.05, 4.69) is 20.3 Å². The van der Waals surface area contributed by atoms with E-state index in [0.29, 0.717) is 16.7 Å². The molecule has 0 unspecified atom stereocenters. The maximum absolute atomic E-state index is 12.5. The van der Waals surface area contributed by atoms with Crippen LogP contribution in [0.1, 0.15) is 16.1 Å². The highest BCUT2D eigenvalue weighted by atomic mass is 32.2. The van der Waals surface area contributed by atoms with Gasteiger partial charge in [-0.1, -0.05) is 17.8 Å². The van der Waals surface area contributed by atoms with Gasteiger partial charge in [-0.05, 0) is 36.6 Å². The summed E-state index contributed by atoms with van der Waals surface area (Å²) in [6.07, 6.45) is 7.23. The number of carbonyl (C=O) groups excluding carboxylic acids is 1. The number of anilines is 2. The standard InChI is InChI=1S/C20H21N5O2S/c1-25(2)11-9-16-17(19(26)27-3)18(24-20(23-16)28-4)22-14-7-8-15-13(12-14)6-5-10-21-15/h5-12H,1-4H3,(H,22,23,24)/b11-9+. The van der Waals surface area contributed by atoms with Gasteiger partial charge in [0.05, 0.1) is 18.3 Å². The van der Waals surface area contributed by atoms with Crippen LogP contribution < -0.4 is 5.32 Å². The molecule has 0 saturated carbocycles. The topological polar surface area (TPSA) is 80.2 Å². The third-order valence-corrected chi connectivity index (χ3v) is 4.43. The van der Waals surface area contributed by atoms with Crippen LogP contribution in [-0.2, 0) is 4.74 Å². The number of aromatic nitrogens is 3. The maximum Gasteiger partial charge on any atom is 0.343 e. The Labute approximate surface area is 167 Å². The molecule has 1 N–H and O–H groups in total. The highest BCUT2D eigenvalue weighted by Crippen LogP contribution is 2.27. The van der Waals surface area contributed by atoms with Crippen LogP contribution in [0.25, 0.3) is 17.0 Å². The quantitative estimate of drug-likeness (QED) is 0.383. The van der Waals surface area contributed by atoms with Crippen LogP contribution >= 0.6 is 11.8 Å². The SMILES string of the molecule is COC(=O)c1c(/C=C/N(C)C)nc(SC)nc1Nc1ccc2ncccc2c1. The number of nitrogens with zero attached hydrogens (tertiary/aromatic N) is 4. The van der Waals surface area contributed by atoms with Gasteiger partial charge >= 0.3 is 5.97 Å². The first-order valence-corrected chi connectivity index (χ1v) is 9.75. The van der Waals surface area contributed by atoms with E-state index in [1.165, 1.54) is 18.9 Å². The number of ether oxygens (including phenoxy) is 1. The van der Waals surface area contributed by atoms with Crippen molar-refractivity contribution in [2.45, 2.75) is 5.16 Å². The van der Waals surface area contributed by atoms with Crippen molar-refractivity contribution in [1.82, 2.24) is 19.9 Å². The Morgan fingerprint density at radius 3 is 2.79 bits per heavy atom. The van der Waals surface area contributed by atoms with Crippen molar-refractivity contribution in [1.29, 1.82) is 0 Å². The Morgan fingerprint density at radius 2 is 2.07 bits per heavy atom. The molecule has 0 aliphatic rings. The Bertz CT molecular complexity index is 1040. The monoisotopic (exact) mass is 395 g/mol. The molecule has 1 aromatic carbocycles. The van der Waals surface area contributed by atoms with E-state index >= 15 is 0 Å². The van der Waals surface area contributed by atoms with Crippen LogP contribution in [0, 0.1) is 0 Å². The second-order valence-corrected chi connectivity index (χ2v) is 6.90. The van der Waals surface area contributed by atoms with E-state index in [4.69, 9.17) is 4.74 Å². The number of nitrogens with one attached hydrogen (secondary N) is 1. The van der Waals surface area contributed by atoms with Gasteiger partial charge in [0, 0.05) is 37.6 Å². The second-order valence-electron chi connectivity index (χ2n) is 6.13. The molecule has 28 heavy (non-hydrogen) atoms. The number of pyridine rings is 1. The molecule has 0 saturated heterocycles. The van der Waals surface area contributed by atoms with Crippen molar-refractivity contribution in [2.24, 2.45) is 0 Å². The lowest BCUT2D eigenvalue weighted by atomic mass is 10.1. The van der Waals surface area contributed by atoms with Gasteiger partial charge in [-0.2, -0.15) is 0 Å². The highest BCUT2D eigenvalue weighted by Gasteiger charge is 2.21. The van der Waals surface area contributed by atoms with Gasteiger partial charge in [-0.3, -0.25) is 4.98 Å². The molecule has 144 valence electrons. The first kappa shape index (κ1) is 19.6. The predicted octanol–water partition coefficient (Wildman–Crippen LogP) is 3.81. The molecule has 0 aliphatic heterocycles. The summed E-state index contributed by atoms with van der Waals surface area (Å²) in [5, 5.41) is 4.78. The fourth-order valence-electron chi connectivity index (χ4n) is 2.57. The zero-order valence-electron chi connectivity index (χ0n) is 16.1.